The molecule has 2 aromatic rings. The van der Waals surface area contributed by atoms with Crippen molar-refractivity contribution in [3.05, 3.63) is 47.3 Å². The maximum atomic E-state index is 11.1. The fourth-order valence-electron chi connectivity index (χ4n) is 3.22. The van der Waals surface area contributed by atoms with Crippen LogP contribution in [0.4, 0.5) is 0 Å². The number of nitrogens with zero attached hydrogens (tertiary/aromatic N) is 2. The van der Waals surface area contributed by atoms with E-state index in [-0.39, 0.29) is 0 Å². The molecule has 1 unspecified atom stereocenters. The highest BCUT2D eigenvalue weighted by Gasteiger charge is 2.36. The summed E-state index contributed by atoms with van der Waals surface area (Å²) in [6, 6.07) is 8.09. The number of hydrogen-bond donors (Lipinski definition) is 1. The van der Waals surface area contributed by atoms with Crippen molar-refractivity contribution < 1.29 is 9.84 Å². The van der Waals surface area contributed by atoms with Crippen molar-refractivity contribution >= 4 is 0 Å². The molecule has 112 valence electrons. The topological polar surface area (TPSA) is 47.3 Å². The molecule has 1 aromatic carbocycles. The van der Waals surface area contributed by atoms with Crippen LogP contribution in [0.5, 0.6) is 5.75 Å². The van der Waals surface area contributed by atoms with Crippen LogP contribution >= 0.6 is 0 Å². The van der Waals surface area contributed by atoms with Crippen LogP contribution < -0.4 is 4.74 Å². The lowest BCUT2D eigenvalue weighted by Crippen LogP contribution is -2.35. The van der Waals surface area contributed by atoms with Gasteiger partial charge in [0.2, 0.25) is 0 Å². The molecule has 0 saturated carbocycles. The van der Waals surface area contributed by atoms with E-state index in [1.54, 1.807) is 13.3 Å². The first-order valence-corrected chi connectivity index (χ1v) is 7.57. The van der Waals surface area contributed by atoms with E-state index in [1.165, 1.54) is 11.1 Å². The largest absolute Gasteiger partial charge is 0.497 e. The molecule has 0 amide bonds. The van der Waals surface area contributed by atoms with E-state index in [0.717, 1.165) is 37.3 Å². The molecule has 1 atom stereocenters. The second-order valence-electron chi connectivity index (χ2n) is 5.78. The van der Waals surface area contributed by atoms with Crippen molar-refractivity contribution in [1.82, 2.24) is 9.78 Å². The Balaban J connectivity index is 1.94. The van der Waals surface area contributed by atoms with E-state index in [2.05, 4.69) is 18.1 Å². The summed E-state index contributed by atoms with van der Waals surface area (Å²) in [7, 11) is 1.67. The first-order chi connectivity index (χ1) is 10.2. The van der Waals surface area contributed by atoms with Crippen molar-refractivity contribution in [3.63, 3.8) is 0 Å². The van der Waals surface area contributed by atoms with E-state index < -0.39 is 5.60 Å². The fourth-order valence-corrected chi connectivity index (χ4v) is 3.22. The molecule has 3 rings (SSSR count). The molecule has 0 bridgehead atoms. The van der Waals surface area contributed by atoms with Crippen molar-refractivity contribution in [1.29, 1.82) is 0 Å². The Morgan fingerprint density at radius 1 is 1.33 bits per heavy atom. The zero-order valence-corrected chi connectivity index (χ0v) is 12.7. The summed E-state index contributed by atoms with van der Waals surface area (Å²) < 4.78 is 7.24. The molecule has 1 N–H and O–H groups in total. The number of rotatable bonds is 4. The van der Waals surface area contributed by atoms with Gasteiger partial charge in [0.25, 0.3) is 0 Å². The van der Waals surface area contributed by atoms with E-state index >= 15 is 0 Å². The Kier molecular flexibility index (Phi) is 3.72. The van der Waals surface area contributed by atoms with Gasteiger partial charge in [-0.15, -0.1) is 0 Å². The minimum absolute atomic E-state index is 0.620. The van der Waals surface area contributed by atoms with Crippen LogP contribution in [0.3, 0.4) is 0 Å². The average molecular weight is 286 g/mol. The Bertz CT molecular complexity index is 635. The second-order valence-corrected chi connectivity index (χ2v) is 5.78. The predicted molar refractivity (Wildman–Crippen MR) is 81.4 cm³/mol. The third kappa shape index (κ3) is 2.56. The van der Waals surface area contributed by atoms with Gasteiger partial charge in [-0.25, -0.2) is 0 Å². The highest BCUT2D eigenvalue weighted by Crippen LogP contribution is 2.37. The summed E-state index contributed by atoms with van der Waals surface area (Å²) in [6.07, 6.45) is 5.03. The van der Waals surface area contributed by atoms with Crippen LogP contribution in [-0.2, 0) is 25.0 Å². The van der Waals surface area contributed by atoms with Gasteiger partial charge >= 0.3 is 0 Å². The standard InChI is InChI=1S/C17H22N2O2/c1-3-10-19-16(7-9-18-19)17(20)8-6-13-4-5-15(21-2)11-14(13)12-17/h4-5,7,9,11,20H,3,6,8,10,12H2,1-2H3. The van der Waals surface area contributed by atoms with Gasteiger partial charge in [-0.1, -0.05) is 13.0 Å². The normalized spacial score (nSPS) is 21.1. The minimum Gasteiger partial charge on any atom is -0.497 e. The van der Waals surface area contributed by atoms with E-state index in [4.69, 9.17) is 4.74 Å². The second kappa shape index (κ2) is 5.53. The highest BCUT2D eigenvalue weighted by molar-refractivity contribution is 5.39. The van der Waals surface area contributed by atoms with Gasteiger partial charge in [0.05, 0.1) is 12.8 Å². The van der Waals surface area contributed by atoms with Crippen LogP contribution in [0.15, 0.2) is 30.5 Å². The zero-order chi connectivity index (χ0) is 14.9. The van der Waals surface area contributed by atoms with Crippen molar-refractivity contribution in [2.45, 2.75) is 44.8 Å². The molecule has 21 heavy (non-hydrogen) atoms. The summed E-state index contributed by atoms with van der Waals surface area (Å²) in [5.74, 6) is 0.847. The van der Waals surface area contributed by atoms with Gasteiger partial charge in [-0.2, -0.15) is 5.10 Å². The number of aromatic nitrogens is 2. The third-order valence-corrected chi connectivity index (χ3v) is 4.33. The van der Waals surface area contributed by atoms with Crippen molar-refractivity contribution in [3.8, 4) is 5.75 Å². The quantitative estimate of drug-likeness (QED) is 0.940. The summed E-state index contributed by atoms with van der Waals surface area (Å²) in [6.45, 7) is 2.96. The van der Waals surface area contributed by atoms with Crippen LogP contribution in [0.2, 0.25) is 0 Å². The fraction of sp³-hybridized carbons (Fsp3) is 0.471. The van der Waals surface area contributed by atoms with E-state index in [9.17, 15) is 5.11 Å². The summed E-state index contributed by atoms with van der Waals surface area (Å²) in [5.41, 5.74) is 2.58. The molecule has 0 aliphatic heterocycles. The lowest BCUT2D eigenvalue weighted by molar-refractivity contribution is 0.0132. The molecule has 0 fully saturated rings. The SMILES string of the molecule is CCCn1nccc1C1(O)CCc2ccc(OC)cc2C1. The number of ether oxygens (including phenoxy) is 1. The predicted octanol–water partition coefficient (Wildman–Crippen LogP) is 2.68. The van der Waals surface area contributed by atoms with E-state index in [1.807, 2.05) is 22.9 Å². The molecule has 1 aromatic heterocycles. The first-order valence-electron chi connectivity index (χ1n) is 7.57. The van der Waals surface area contributed by atoms with Crippen LogP contribution in [-0.4, -0.2) is 22.0 Å². The smallest absolute Gasteiger partial charge is 0.119 e. The molecule has 4 nitrogen and oxygen atoms in total. The maximum absolute atomic E-state index is 11.1. The lowest BCUT2D eigenvalue weighted by Gasteiger charge is -2.34. The molecule has 4 heteroatoms. The minimum atomic E-state index is -0.828. The molecular formula is C17H22N2O2. The number of methoxy groups -OCH3 is 1. The van der Waals surface area contributed by atoms with Gasteiger partial charge in [0.15, 0.2) is 0 Å². The third-order valence-electron chi connectivity index (χ3n) is 4.33. The Labute approximate surface area is 125 Å². The van der Waals surface area contributed by atoms with Gasteiger partial charge in [-0.3, -0.25) is 4.68 Å². The van der Waals surface area contributed by atoms with Crippen LogP contribution in [0.1, 0.15) is 36.6 Å². The summed E-state index contributed by atoms with van der Waals surface area (Å²) in [4.78, 5) is 0. The first kappa shape index (κ1) is 14.1. The molecule has 1 heterocycles. The summed E-state index contributed by atoms with van der Waals surface area (Å²) in [5, 5.41) is 15.5. The van der Waals surface area contributed by atoms with Gasteiger partial charge in [0, 0.05) is 19.2 Å². The summed E-state index contributed by atoms with van der Waals surface area (Å²) >= 11 is 0. The molecule has 1 aliphatic rings. The average Bonchev–Trinajstić information content (AvgIpc) is 2.96. The van der Waals surface area contributed by atoms with Crippen molar-refractivity contribution in [2.24, 2.45) is 0 Å². The van der Waals surface area contributed by atoms with Gasteiger partial charge < -0.3 is 9.84 Å². The molecular weight excluding hydrogens is 264 g/mol. The monoisotopic (exact) mass is 286 g/mol. The van der Waals surface area contributed by atoms with Crippen LogP contribution in [0.25, 0.3) is 0 Å². The Morgan fingerprint density at radius 2 is 2.19 bits per heavy atom. The molecule has 1 aliphatic carbocycles. The molecule has 0 radical (unpaired) electrons. The molecule has 0 saturated heterocycles. The van der Waals surface area contributed by atoms with E-state index in [0.29, 0.717) is 6.42 Å². The number of aryl methyl sites for hydroxylation is 2. The molecule has 0 spiro atoms. The number of aliphatic hydroxyl groups is 1. The Morgan fingerprint density at radius 3 is 2.95 bits per heavy atom. The van der Waals surface area contributed by atoms with Gasteiger partial charge in [0.1, 0.15) is 11.4 Å². The lowest BCUT2D eigenvalue weighted by atomic mass is 9.78. The highest BCUT2D eigenvalue weighted by atomic mass is 16.5. The number of fused-ring (bicyclic) bond motifs is 1. The number of benzene rings is 1. The van der Waals surface area contributed by atoms with Crippen LogP contribution in [0, 0.1) is 0 Å². The van der Waals surface area contributed by atoms with Gasteiger partial charge in [-0.05, 0) is 48.6 Å². The Hall–Kier alpha value is -1.81. The maximum Gasteiger partial charge on any atom is 0.119 e. The number of hydrogen-bond acceptors (Lipinski definition) is 3. The zero-order valence-electron chi connectivity index (χ0n) is 12.7. The van der Waals surface area contributed by atoms with Crippen molar-refractivity contribution in [2.75, 3.05) is 7.11 Å².